The quantitative estimate of drug-likeness (QED) is 0.427. The van der Waals surface area contributed by atoms with Gasteiger partial charge in [-0.15, -0.1) is 0 Å². The van der Waals surface area contributed by atoms with Gasteiger partial charge in [-0.2, -0.15) is 0 Å². The van der Waals surface area contributed by atoms with Crippen molar-refractivity contribution in [2.24, 2.45) is 5.92 Å². The van der Waals surface area contributed by atoms with E-state index in [1.54, 1.807) is 12.4 Å². The second-order valence-corrected chi connectivity index (χ2v) is 10.7. The second kappa shape index (κ2) is 11.0. The summed E-state index contributed by atoms with van der Waals surface area (Å²) in [5.41, 5.74) is 4.40. The lowest BCUT2D eigenvalue weighted by molar-refractivity contribution is 0.0589. The van der Waals surface area contributed by atoms with Crippen LogP contribution in [-0.4, -0.2) is 93.4 Å². The highest BCUT2D eigenvalue weighted by atomic mass is 16.2. The average Bonchev–Trinajstić information content (AvgIpc) is 3.39. The molecule has 1 amide bonds. The number of piperazine rings is 1. The van der Waals surface area contributed by atoms with E-state index in [1.165, 1.54) is 32.5 Å². The SMILES string of the molecule is CN1CCC(CN2CCN(C(=O)c3cc4cc(Cc5nccc(-c6ccccn6)n5)ccc4[nH]3)CC2)CC1. The van der Waals surface area contributed by atoms with Gasteiger partial charge in [0.1, 0.15) is 11.5 Å². The van der Waals surface area contributed by atoms with Crippen molar-refractivity contribution in [1.29, 1.82) is 0 Å². The smallest absolute Gasteiger partial charge is 0.270 e. The van der Waals surface area contributed by atoms with E-state index in [0.29, 0.717) is 12.1 Å². The van der Waals surface area contributed by atoms with Crippen LogP contribution in [0.25, 0.3) is 22.3 Å². The van der Waals surface area contributed by atoms with Gasteiger partial charge in [-0.05, 0) is 80.9 Å². The fourth-order valence-electron chi connectivity index (χ4n) is 5.64. The predicted octanol–water partition coefficient (Wildman–Crippen LogP) is 3.71. The number of piperidine rings is 1. The average molecular weight is 510 g/mol. The first kappa shape index (κ1) is 24.7. The van der Waals surface area contributed by atoms with Crippen LogP contribution in [0.5, 0.6) is 0 Å². The Bertz CT molecular complexity index is 1390. The molecule has 2 aliphatic rings. The normalized spacial score (nSPS) is 17.8. The Labute approximate surface area is 223 Å². The van der Waals surface area contributed by atoms with Gasteiger partial charge in [0.15, 0.2) is 0 Å². The second-order valence-electron chi connectivity index (χ2n) is 10.7. The van der Waals surface area contributed by atoms with E-state index in [1.807, 2.05) is 41.3 Å². The third-order valence-corrected chi connectivity index (χ3v) is 7.92. The van der Waals surface area contributed by atoms with Crippen molar-refractivity contribution in [3.8, 4) is 11.4 Å². The molecule has 2 fully saturated rings. The first-order valence-corrected chi connectivity index (χ1v) is 13.7. The van der Waals surface area contributed by atoms with Crippen molar-refractivity contribution in [1.82, 2.24) is 34.6 Å². The van der Waals surface area contributed by atoms with Crippen LogP contribution >= 0.6 is 0 Å². The molecule has 0 saturated carbocycles. The maximum absolute atomic E-state index is 13.3. The lowest BCUT2D eigenvalue weighted by Crippen LogP contribution is -2.50. The molecule has 0 aliphatic carbocycles. The van der Waals surface area contributed by atoms with Gasteiger partial charge in [0.2, 0.25) is 0 Å². The number of benzene rings is 1. The van der Waals surface area contributed by atoms with Gasteiger partial charge in [0, 0.05) is 62.4 Å². The van der Waals surface area contributed by atoms with Crippen LogP contribution in [0.2, 0.25) is 0 Å². The summed E-state index contributed by atoms with van der Waals surface area (Å²) in [6, 6.07) is 15.9. The van der Waals surface area contributed by atoms with Crippen LogP contribution in [0.3, 0.4) is 0 Å². The fourth-order valence-corrected chi connectivity index (χ4v) is 5.64. The number of fused-ring (bicyclic) bond motifs is 1. The standard InChI is InChI=1S/C30H35N7O/c1-35-12-8-22(9-13-35)21-36-14-16-37(17-15-36)30(38)28-20-24-18-23(5-6-25(24)33-28)19-29-32-11-7-27(34-29)26-4-2-3-10-31-26/h2-7,10-11,18,20,22,33H,8-9,12-17,19,21H2,1H3. The number of carbonyl (C=O) groups excluding carboxylic acids is 1. The molecule has 1 aromatic carbocycles. The van der Waals surface area contributed by atoms with Crippen molar-refractivity contribution in [2.75, 3.05) is 52.9 Å². The van der Waals surface area contributed by atoms with Gasteiger partial charge >= 0.3 is 0 Å². The number of amides is 1. The molecule has 6 rings (SSSR count). The molecule has 8 heteroatoms. The van der Waals surface area contributed by atoms with E-state index < -0.39 is 0 Å². The molecule has 3 aromatic heterocycles. The van der Waals surface area contributed by atoms with Crippen molar-refractivity contribution >= 4 is 16.8 Å². The molecular weight excluding hydrogens is 474 g/mol. The zero-order chi connectivity index (χ0) is 25.9. The minimum absolute atomic E-state index is 0.0908. The summed E-state index contributed by atoms with van der Waals surface area (Å²) in [4.78, 5) is 37.2. The number of aromatic amines is 1. The Hall–Kier alpha value is -3.62. The minimum Gasteiger partial charge on any atom is -0.351 e. The molecule has 196 valence electrons. The van der Waals surface area contributed by atoms with Crippen LogP contribution in [0.4, 0.5) is 0 Å². The molecule has 2 saturated heterocycles. The van der Waals surface area contributed by atoms with Gasteiger partial charge in [-0.3, -0.25) is 14.7 Å². The van der Waals surface area contributed by atoms with E-state index in [4.69, 9.17) is 4.98 Å². The number of rotatable bonds is 6. The van der Waals surface area contributed by atoms with Crippen molar-refractivity contribution < 1.29 is 4.79 Å². The van der Waals surface area contributed by atoms with Crippen molar-refractivity contribution in [3.05, 3.63) is 78.0 Å². The van der Waals surface area contributed by atoms with E-state index >= 15 is 0 Å². The fraction of sp³-hybridized carbons (Fsp3) is 0.400. The minimum atomic E-state index is 0.0908. The first-order chi connectivity index (χ1) is 18.6. The predicted molar refractivity (Wildman–Crippen MR) is 149 cm³/mol. The molecule has 0 atom stereocenters. The van der Waals surface area contributed by atoms with E-state index in [9.17, 15) is 4.79 Å². The van der Waals surface area contributed by atoms with Gasteiger partial charge in [0.25, 0.3) is 5.91 Å². The highest BCUT2D eigenvalue weighted by Gasteiger charge is 2.26. The Morgan fingerprint density at radius 1 is 0.921 bits per heavy atom. The van der Waals surface area contributed by atoms with Crippen LogP contribution in [0, 0.1) is 5.92 Å². The van der Waals surface area contributed by atoms with Crippen molar-refractivity contribution in [3.63, 3.8) is 0 Å². The van der Waals surface area contributed by atoms with E-state index in [0.717, 1.165) is 65.8 Å². The Morgan fingerprint density at radius 2 is 1.76 bits per heavy atom. The summed E-state index contributed by atoms with van der Waals surface area (Å²) in [6.07, 6.45) is 6.74. The molecule has 0 bridgehead atoms. The number of nitrogens with zero attached hydrogens (tertiary/aromatic N) is 6. The van der Waals surface area contributed by atoms with Crippen LogP contribution in [-0.2, 0) is 6.42 Å². The Kier molecular flexibility index (Phi) is 7.16. The molecule has 8 nitrogen and oxygen atoms in total. The lowest BCUT2D eigenvalue weighted by atomic mass is 9.96. The number of pyridine rings is 1. The van der Waals surface area contributed by atoms with Gasteiger partial charge in [-0.1, -0.05) is 12.1 Å². The molecule has 1 N–H and O–H groups in total. The summed E-state index contributed by atoms with van der Waals surface area (Å²) < 4.78 is 0. The van der Waals surface area contributed by atoms with Gasteiger partial charge in [0.05, 0.1) is 11.4 Å². The Balaban J connectivity index is 1.08. The number of aromatic nitrogens is 4. The monoisotopic (exact) mass is 509 g/mol. The summed E-state index contributed by atoms with van der Waals surface area (Å²) >= 11 is 0. The topological polar surface area (TPSA) is 81.2 Å². The molecular formula is C30H35N7O. The molecule has 38 heavy (non-hydrogen) atoms. The number of nitrogens with one attached hydrogen (secondary N) is 1. The molecule has 2 aliphatic heterocycles. The number of hydrogen-bond donors (Lipinski definition) is 1. The number of carbonyl (C=O) groups is 1. The maximum Gasteiger partial charge on any atom is 0.270 e. The maximum atomic E-state index is 13.3. The zero-order valence-electron chi connectivity index (χ0n) is 22.0. The lowest BCUT2D eigenvalue weighted by Gasteiger charge is -2.38. The highest BCUT2D eigenvalue weighted by molar-refractivity contribution is 5.98. The summed E-state index contributed by atoms with van der Waals surface area (Å²) in [6.45, 7) is 7.07. The summed E-state index contributed by atoms with van der Waals surface area (Å²) in [7, 11) is 2.21. The molecule has 0 radical (unpaired) electrons. The number of likely N-dealkylation sites (tertiary alicyclic amines) is 1. The summed E-state index contributed by atoms with van der Waals surface area (Å²) in [5.74, 6) is 1.63. The van der Waals surface area contributed by atoms with Crippen LogP contribution in [0.15, 0.2) is 60.9 Å². The van der Waals surface area contributed by atoms with Crippen LogP contribution < -0.4 is 0 Å². The Morgan fingerprint density at radius 3 is 2.55 bits per heavy atom. The molecule has 0 unspecified atom stereocenters. The zero-order valence-corrected chi connectivity index (χ0v) is 22.0. The third-order valence-electron chi connectivity index (χ3n) is 7.92. The number of hydrogen-bond acceptors (Lipinski definition) is 6. The van der Waals surface area contributed by atoms with Crippen molar-refractivity contribution in [2.45, 2.75) is 19.3 Å². The number of H-pyrrole nitrogens is 1. The molecule has 4 aromatic rings. The van der Waals surface area contributed by atoms with Crippen LogP contribution in [0.1, 0.15) is 34.7 Å². The third kappa shape index (κ3) is 5.61. The van der Waals surface area contributed by atoms with E-state index in [2.05, 4.69) is 43.9 Å². The largest absolute Gasteiger partial charge is 0.351 e. The van der Waals surface area contributed by atoms with E-state index in [-0.39, 0.29) is 5.91 Å². The van der Waals surface area contributed by atoms with Gasteiger partial charge in [-0.25, -0.2) is 9.97 Å². The van der Waals surface area contributed by atoms with Gasteiger partial charge < -0.3 is 14.8 Å². The first-order valence-electron chi connectivity index (χ1n) is 13.7. The highest BCUT2D eigenvalue weighted by Crippen LogP contribution is 2.22. The molecule has 0 spiro atoms. The summed E-state index contributed by atoms with van der Waals surface area (Å²) in [5, 5.41) is 1.03. The molecule has 5 heterocycles.